The number of nitrogens with zero attached hydrogens (tertiary/aromatic N) is 4. The molecule has 33 heavy (non-hydrogen) atoms. The number of carbonyl (C=O) groups is 1. The van der Waals surface area contributed by atoms with Crippen LogP contribution in [-0.4, -0.2) is 54.2 Å². The molecule has 9 heteroatoms. The number of hydrogen-bond acceptors (Lipinski definition) is 8. The van der Waals surface area contributed by atoms with Crippen molar-refractivity contribution < 1.29 is 13.9 Å². The zero-order valence-electron chi connectivity index (χ0n) is 19.0. The molecule has 1 aliphatic rings. The molecule has 1 aliphatic heterocycles. The van der Waals surface area contributed by atoms with E-state index in [1.807, 2.05) is 36.4 Å². The normalized spacial score (nSPS) is 16.7. The summed E-state index contributed by atoms with van der Waals surface area (Å²) in [6.45, 7) is 7.89. The number of carbonyl (C=O) groups excluding carboxylic acids is 1. The maximum absolute atomic E-state index is 11.5. The fraction of sp³-hybridized carbons (Fsp3) is 0.375. The smallest absolute Gasteiger partial charge is 0.320 e. The first-order valence-electron chi connectivity index (χ1n) is 10.9. The van der Waals surface area contributed by atoms with Gasteiger partial charge in [-0.1, -0.05) is 28.8 Å². The first-order chi connectivity index (χ1) is 16.0. The van der Waals surface area contributed by atoms with Crippen molar-refractivity contribution in [1.29, 1.82) is 0 Å². The molecule has 0 radical (unpaired) electrons. The number of rotatable bonds is 8. The van der Waals surface area contributed by atoms with Crippen LogP contribution in [-0.2, 0) is 17.9 Å². The highest BCUT2D eigenvalue weighted by Crippen LogP contribution is 2.30. The van der Waals surface area contributed by atoms with Gasteiger partial charge in [-0.25, -0.2) is 0 Å². The van der Waals surface area contributed by atoms with E-state index in [4.69, 9.17) is 20.8 Å². The first kappa shape index (κ1) is 23.2. The monoisotopic (exact) mass is 469 g/mol. The molecular formula is C24H28ClN5O3. The fourth-order valence-electron chi connectivity index (χ4n) is 4.25. The Labute approximate surface area is 198 Å². The summed E-state index contributed by atoms with van der Waals surface area (Å²) in [6.07, 6.45) is 0.930. The van der Waals surface area contributed by atoms with E-state index in [1.54, 1.807) is 7.11 Å². The van der Waals surface area contributed by atoms with Crippen LogP contribution in [0.4, 0.5) is 17.4 Å². The molecule has 1 N–H and O–H groups in total. The van der Waals surface area contributed by atoms with Crippen molar-refractivity contribution in [2.24, 2.45) is 0 Å². The SMILES string of the molecule is COCc1nnc(Nc2cc(Cl)cc(CN3CCN(c4ccccc4C=O)[C@@H](C)C3)c2C)o1. The van der Waals surface area contributed by atoms with Crippen molar-refractivity contribution in [2.45, 2.75) is 33.0 Å². The highest BCUT2D eigenvalue weighted by molar-refractivity contribution is 6.31. The van der Waals surface area contributed by atoms with Crippen LogP contribution in [0.3, 0.4) is 0 Å². The molecule has 0 unspecified atom stereocenters. The van der Waals surface area contributed by atoms with Gasteiger partial charge in [0.15, 0.2) is 6.29 Å². The van der Waals surface area contributed by atoms with Gasteiger partial charge < -0.3 is 19.4 Å². The maximum Gasteiger partial charge on any atom is 0.320 e. The molecular weight excluding hydrogens is 442 g/mol. The number of aromatic nitrogens is 2. The van der Waals surface area contributed by atoms with E-state index in [0.29, 0.717) is 16.9 Å². The van der Waals surface area contributed by atoms with Gasteiger partial charge in [-0.05, 0) is 49.2 Å². The van der Waals surface area contributed by atoms with Crippen LogP contribution in [0, 0.1) is 6.92 Å². The van der Waals surface area contributed by atoms with Gasteiger partial charge in [0.2, 0.25) is 5.89 Å². The van der Waals surface area contributed by atoms with Gasteiger partial charge in [0.1, 0.15) is 6.61 Å². The molecule has 1 saturated heterocycles. The lowest BCUT2D eigenvalue weighted by atomic mass is 10.0. The molecule has 1 fully saturated rings. The maximum atomic E-state index is 11.5. The summed E-state index contributed by atoms with van der Waals surface area (Å²) in [7, 11) is 1.58. The second-order valence-electron chi connectivity index (χ2n) is 8.25. The van der Waals surface area contributed by atoms with E-state index in [0.717, 1.165) is 60.5 Å². The second kappa shape index (κ2) is 10.3. The van der Waals surface area contributed by atoms with E-state index in [1.165, 1.54) is 0 Å². The lowest BCUT2D eigenvalue weighted by Gasteiger charge is -2.42. The van der Waals surface area contributed by atoms with E-state index in [-0.39, 0.29) is 12.6 Å². The Bertz CT molecular complexity index is 1120. The highest BCUT2D eigenvalue weighted by atomic mass is 35.5. The van der Waals surface area contributed by atoms with Crippen LogP contribution in [0.1, 0.15) is 34.3 Å². The van der Waals surface area contributed by atoms with E-state index in [2.05, 4.69) is 39.2 Å². The molecule has 8 nitrogen and oxygen atoms in total. The minimum absolute atomic E-state index is 0.260. The molecule has 4 rings (SSSR count). The van der Waals surface area contributed by atoms with Gasteiger partial charge in [0.25, 0.3) is 0 Å². The molecule has 0 amide bonds. The Hall–Kier alpha value is -2.94. The zero-order chi connectivity index (χ0) is 23.4. The third-order valence-corrected chi connectivity index (χ3v) is 6.15. The second-order valence-corrected chi connectivity index (χ2v) is 8.69. The molecule has 1 aromatic heterocycles. The van der Waals surface area contributed by atoms with Crippen molar-refractivity contribution in [2.75, 3.05) is 37.0 Å². The van der Waals surface area contributed by atoms with E-state index >= 15 is 0 Å². The molecule has 0 saturated carbocycles. The Kier molecular flexibility index (Phi) is 7.27. The summed E-state index contributed by atoms with van der Waals surface area (Å²) in [5.41, 5.74) is 4.77. The number of anilines is 3. The molecule has 0 spiro atoms. The van der Waals surface area contributed by atoms with Crippen molar-refractivity contribution in [1.82, 2.24) is 15.1 Å². The third-order valence-electron chi connectivity index (χ3n) is 5.93. The number of para-hydroxylation sites is 1. The van der Waals surface area contributed by atoms with E-state index in [9.17, 15) is 4.79 Å². The predicted octanol–water partition coefficient (Wildman–Crippen LogP) is 4.44. The number of methoxy groups -OCH3 is 1. The molecule has 2 heterocycles. The highest BCUT2D eigenvalue weighted by Gasteiger charge is 2.26. The number of aldehydes is 1. The third kappa shape index (κ3) is 5.35. The van der Waals surface area contributed by atoms with Crippen molar-refractivity contribution in [3.8, 4) is 0 Å². The van der Waals surface area contributed by atoms with Crippen molar-refractivity contribution in [3.05, 3.63) is 64.0 Å². The predicted molar refractivity (Wildman–Crippen MR) is 128 cm³/mol. The Balaban J connectivity index is 1.46. The van der Waals surface area contributed by atoms with Crippen LogP contribution < -0.4 is 10.2 Å². The van der Waals surface area contributed by atoms with E-state index < -0.39 is 0 Å². The lowest BCUT2D eigenvalue weighted by molar-refractivity contribution is 0.112. The molecule has 1 atom stereocenters. The Morgan fingerprint density at radius 2 is 2.09 bits per heavy atom. The van der Waals surface area contributed by atoms with Crippen LogP contribution in [0.15, 0.2) is 40.8 Å². The topological polar surface area (TPSA) is 83.7 Å². The average Bonchev–Trinajstić information content (AvgIpc) is 3.24. The molecule has 0 aliphatic carbocycles. The fourth-order valence-corrected chi connectivity index (χ4v) is 4.50. The largest absolute Gasteiger partial charge is 0.405 e. The molecule has 0 bridgehead atoms. The van der Waals surface area contributed by atoms with Gasteiger partial charge in [-0.2, -0.15) is 0 Å². The minimum atomic E-state index is 0.260. The summed E-state index contributed by atoms with van der Waals surface area (Å²) in [5.74, 6) is 0.405. The van der Waals surface area contributed by atoms with Gasteiger partial charge in [-0.3, -0.25) is 9.69 Å². The molecule has 3 aromatic rings. The van der Waals surface area contributed by atoms with Crippen LogP contribution in [0.25, 0.3) is 0 Å². The number of halogens is 1. The summed E-state index contributed by atoms with van der Waals surface area (Å²) in [5, 5.41) is 11.8. The van der Waals surface area contributed by atoms with Gasteiger partial charge in [0, 0.05) is 61.3 Å². The Morgan fingerprint density at radius 1 is 1.27 bits per heavy atom. The number of hydrogen-bond donors (Lipinski definition) is 1. The quantitative estimate of drug-likeness (QED) is 0.484. The van der Waals surface area contributed by atoms with Gasteiger partial charge in [0.05, 0.1) is 0 Å². The molecule has 174 valence electrons. The Morgan fingerprint density at radius 3 is 2.85 bits per heavy atom. The number of benzene rings is 2. The number of ether oxygens (including phenoxy) is 1. The van der Waals surface area contributed by atoms with Crippen LogP contribution >= 0.6 is 11.6 Å². The van der Waals surface area contributed by atoms with Crippen LogP contribution in [0.5, 0.6) is 0 Å². The van der Waals surface area contributed by atoms with Gasteiger partial charge >= 0.3 is 6.01 Å². The molecule has 2 aromatic carbocycles. The summed E-state index contributed by atoms with van der Waals surface area (Å²) in [6, 6.07) is 12.2. The van der Waals surface area contributed by atoms with Gasteiger partial charge in [-0.15, -0.1) is 5.10 Å². The summed E-state index contributed by atoms with van der Waals surface area (Å²) in [4.78, 5) is 16.2. The standard InChI is InChI=1S/C24H28ClN5O3/c1-16-12-29(8-9-30(16)22-7-5-4-6-18(22)14-31)13-19-10-20(25)11-21(17(19)2)26-24-28-27-23(33-24)15-32-3/h4-7,10-11,14,16H,8-9,12-13,15H2,1-3H3,(H,26,28)/t16-/m0/s1. The summed E-state index contributed by atoms with van der Waals surface area (Å²) >= 11 is 6.44. The number of nitrogens with one attached hydrogen (secondary N) is 1. The zero-order valence-corrected chi connectivity index (χ0v) is 19.8. The van der Waals surface area contributed by atoms with Crippen molar-refractivity contribution >= 4 is 35.3 Å². The lowest BCUT2D eigenvalue weighted by Crippen LogP contribution is -2.51. The van der Waals surface area contributed by atoms with Crippen LogP contribution in [0.2, 0.25) is 5.02 Å². The number of piperazine rings is 1. The van der Waals surface area contributed by atoms with Crippen molar-refractivity contribution in [3.63, 3.8) is 0 Å². The summed E-state index contributed by atoms with van der Waals surface area (Å²) < 4.78 is 10.6. The first-order valence-corrected chi connectivity index (χ1v) is 11.3. The average molecular weight is 470 g/mol. The minimum Gasteiger partial charge on any atom is -0.405 e.